The number of carbonyl (C=O) groups excluding carboxylic acids is 1. The second-order valence-corrected chi connectivity index (χ2v) is 9.32. The maximum atomic E-state index is 13.8. The van der Waals surface area contributed by atoms with Crippen LogP contribution in [0.25, 0.3) is 5.69 Å². The largest absolute Gasteiger partial charge is 0.352 e. The molecule has 1 amide bonds. The Kier molecular flexibility index (Phi) is 7.16. The minimum Gasteiger partial charge on any atom is -0.352 e. The average Bonchev–Trinajstić information content (AvgIpc) is 3.50. The zero-order valence-corrected chi connectivity index (χ0v) is 21.0. The van der Waals surface area contributed by atoms with Gasteiger partial charge in [-0.05, 0) is 78.9 Å². The third kappa shape index (κ3) is 5.33. The first-order valence-corrected chi connectivity index (χ1v) is 12.4. The highest BCUT2D eigenvalue weighted by molar-refractivity contribution is 7.80. The molecule has 37 heavy (non-hydrogen) atoms. The lowest BCUT2D eigenvalue weighted by molar-refractivity contribution is -0.116. The standard InChI is InChI=1S/C27H22ClF2N5OS/c28-20-16-19(10-11-21(20)30)34-14-3-5-23(34)26-25(22-4-1-2-13-31-22)33-27(37)35(26)15-12-24(36)32-18-8-6-17(29)7-9-18/h1-11,13-14,16,25-26H,12,15H2,(H,32,36)(H,33,37)/t25-,26-/m0/s1. The number of hydrogen-bond acceptors (Lipinski definition) is 3. The van der Waals surface area contributed by atoms with Crippen molar-refractivity contribution < 1.29 is 13.6 Å². The zero-order chi connectivity index (χ0) is 25.9. The van der Waals surface area contributed by atoms with Gasteiger partial charge in [0.05, 0.1) is 22.8 Å². The quantitative estimate of drug-likeness (QED) is 0.292. The van der Waals surface area contributed by atoms with E-state index in [4.69, 9.17) is 23.8 Å². The second kappa shape index (κ2) is 10.7. The van der Waals surface area contributed by atoms with Crippen molar-refractivity contribution >= 4 is 40.5 Å². The lowest BCUT2D eigenvalue weighted by atomic mass is 10.0. The number of aromatic nitrogens is 2. The Balaban J connectivity index is 1.44. The number of hydrogen-bond donors (Lipinski definition) is 2. The van der Waals surface area contributed by atoms with Crippen LogP contribution in [-0.4, -0.2) is 32.0 Å². The van der Waals surface area contributed by atoms with Crippen LogP contribution in [0.2, 0.25) is 5.02 Å². The monoisotopic (exact) mass is 537 g/mol. The van der Waals surface area contributed by atoms with Crippen molar-refractivity contribution in [3.63, 3.8) is 0 Å². The van der Waals surface area contributed by atoms with Crippen LogP contribution in [0.4, 0.5) is 14.5 Å². The Labute approximate surface area is 222 Å². The predicted octanol–water partition coefficient (Wildman–Crippen LogP) is 5.81. The molecule has 0 bridgehead atoms. The van der Waals surface area contributed by atoms with Crippen molar-refractivity contribution in [3.05, 3.63) is 113 Å². The molecule has 4 aromatic rings. The molecule has 0 spiro atoms. The van der Waals surface area contributed by atoms with Gasteiger partial charge in [0.1, 0.15) is 11.6 Å². The fourth-order valence-electron chi connectivity index (χ4n) is 4.45. The van der Waals surface area contributed by atoms with Gasteiger partial charge >= 0.3 is 0 Å². The van der Waals surface area contributed by atoms with Crippen LogP contribution >= 0.6 is 23.8 Å². The first-order chi connectivity index (χ1) is 17.9. The third-order valence-electron chi connectivity index (χ3n) is 6.17. The van der Waals surface area contributed by atoms with Gasteiger partial charge in [0.15, 0.2) is 5.11 Å². The van der Waals surface area contributed by atoms with E-state index in [1.54, 1.807) is 18.3 Å². The van der Waals surface area contributed by atoms with Gasteiger partial charge in [-0.1, -0.05) is 17.7 Å². The molecule has 2 atom stereocenters. The molecule has 3 heterocycles. The van der Waals surface area contributed by atoms with Gasteiger partial charge < -0.3 is 20.1 Å². The van der Waals surface area contributed by atoms with E-state index in [0.29, 0.717) is 23.0 Å². The van der Waals surface area contributed by atoms with Crippen LogP contribution in [0.15, 0.2) is 85.2 Å². The van der Waals surface area contributed by atoms with Crippen LogP contribution < -0.4 is 10.6 Å². The number of carbonyl (C=O) groups is 1. The van der Waals surface area contributed by atoms with Gasteiger partial charge in [-0.25, -0.2) is 8.78 Å². The molecule has 188 valence electrons. The molecule has 1 aliphatic rings. The summed E-state index contributed by atoms with van der Waals surface area (Å²) in [6.45, 7) is 0.322. The fourth-order valence-corrected chi connectivity index (χ4v) is 4.96. The number of pyridine rings is 1. The first-order valence-electron chi connectivity index (χ1n) is 11.6. The lowest BCUT2D eigenvalue weighted by Crippen LogP contribution is -2.33. The van der Waals surface area contributed by atoms with E-state index < -0.39 is 5.82 Å². The summed E-state index contributed by atoms with van der Waals surface area (Å²) in [4.78, 5) is 19.2. The minimum atomic E-state index is -0.497. The number of halogens is 3. The van der Waals surface area contributed by atoms with Gasteiger partial charge in [0.25, 0.3) is 0 Å². The summed E-state index contributed by atoms with van der Waals surface area (Å²) in [7, 11) is 0. The molecule has 0 radical (unpaired) electrons. The van der Waals surface area contributed by atoms with Crippen molar-refractivity contribution in [2.24, 2.45) is 0 Å². The van der Waals surface area contributed by atoms with Gasteiger partial charge in [0, 0.05) is 42.4 Å². The van der Waals surface area contributed by atoms with E-state index in [0.717, 1.165) is 11.4 Å². The number of thiocarbonyl (C=S) groups is 1. The Morgan fingerprint density at radius 2 is 1.89 bits per heavy atom. The number of nitrogens with one attached hydrogen (secondary N) is 2. The normalized spacial score (nSPS) is 17.1. The van der Waals surface area contributed by atoms with Crippen LogP contribution in [0.5, 0.6) is 0 Å². The molecule has 1 saturated heterocycles. The van der Waals surface area contributed by atoms with Crippen molar-refractivity contribution in [3.8, 4) is 5.69 Å². The van der Waals surface area contributed by atoms with Crippen molar-refractivity contribution in [2.75, 3.05) is 11.9 Å². The molecule has 6 nitrogen and oxygen atoms in total. The van der Waals surface area contributed by atoms with Gasteiger partial charge in [-0.2, -0.15) is 0 Å². The van der Waals surface area contributed by atoms with Gasteiger partial charge in [0.2, 0.25) is 5.91 Å². The molecule has 0 saturated carbocycles. The summed E-state index contributed by atoms with van der Waals surface area (Å²) in [6, 6.07) is 19.0. The van der Waals surface area contributed by atoms with Crippen LogP contribution in [0.1, 0.15) is 29.9 Å². The summed E-state index contributed by atoms with van der Waals surface area (Å²) < 4.78 is 29.0. The summed E-state index contributed by atoms with van der Waals surface area (Å²) in [5, 5.41) is 6.65. The highest BCUT2D eigenvalue weighted by atomic mass is 35.5. The zero-order valence-electron chi connectivity index (χ0n) is 19.4. The molecule has 5 rings (SSSR count). The Morgan fingerprint density at radius 1 is 1.08 bits per heavy atom. The molecule has 2 aromatic heterocycles. The van der Waals surface area contributed by atoms with Crippen LogP contribution in [-0.2, 0) is 4.79 Å². The van der Waals surface area contributed by atoms with Gasteiger partial charge in [-0.15, -0.1) is 0 Å². The maximum Gasteiger partial charge on any atom is 0.226 e. The molecule has 10 heteroatoms. The molecule has 1 fully saturated rings. The van der Waals surface area contributed by atoms with E-state index in [2.05, 4.69) is 15.6 Å². The summed E-state index contributed by atoms with van der Waals surface area (Å²) >= 11 is 11.8. The topological polar surface area (TPSA) is 62.2 Å². The Hall–Kier alpha value is -3.82. The SMILES string of the molecule is O=C(CCN1C(=S)N[C@@H](c2ccccn2)[C@@H]1c1cccn1-c1ccc(F)c(Cl)c1)Nc1ccc(F)cc1. The Morgan fingerprint density at radius 3 is 2.62 bits per heavy atom. The molecular formula is C27H22ClF2N5OS. The van der Waals surface area contributed by atoms with E-state index >= 15 is 0 Å². The van der Waals surface area contributed by atoms with E-state index in [9.17, 15) is 13.6 Å². The number of rotatable bonds is 7. The van der Waals surface area contributed by atoms with E-state index in [-0.39, 0.29) is 35.3 Å². The lowest BCUT2D eigenvalue weighted by Gasteiger charge is -2.29. The Bertz CT molecular complexity index is 1430. The minimum absolute atomic E-state index is 0.0211. The number of nitrogens with zero attached hydrogens (tertiary/aromatic N) is 3. The molecule has 0 unspecified atom stereocenters. The predicted molar refractivity (Wildman–Crippen MR) is 143 cm³/mol. The highest BCUT2D eigenvalue weighted by Gasteiger charge is 2.41. The van der Waals surface area contributed by atoms with Crippen molar-refractivity contribution in [2.45, 2.75) is 18.5 Å². The van der Waals surface area contributed by atoms with Crippen molar-refractivity contribution in [1.82, 2.24) is 19.8 Å². The van der Waals surface area contributed by atoms with Crippen LogP contribution in [0.3, 0.4) is 0 Å². The fraction of sp³-hybridized carbons (Fsp3) is 0.148. The third-order valence-corrected chi connectivity index (χ3v) is 6.81. The molecule has 1 aliphatic heterocycles. The average molecular weight is 538 g/mol. The highest BCUT2D eigenvalue weighted by Crippen LogP contribution is 2.39. The van der Waals surface area contributed by atoms with Crippen molar-refractivity contribution in [1.29, 1.82) is 0 Å². The maximum absolute atomic E-state index is 13.8. The summed E-state index contributed by atoms with van der Waals surface area (Å²) in [5.74, 6) is -1.10. The first kappa shape index (κ1) is 24.9. The summed E-state index contributed by atoms with van der Waals surface area (Å²) in [5.41, 5.74) is 2.86. The number of benzene rings is 2. The number of amides is 1. The smallest absolute Gasteiger partial charge is 0.226 e. The molecule has 2 aromatic carbocycles. The van der Waals surface area contributed by atoms with E-state index in [1.165, 1.54) is 30.3 Å². The molecular weight excluding hydrogens is 516 g/mol. The molecule has 0 aliphatic carbocycles. The second-order valence-electron chi connectivity index (χ2n) is 8.53. The number of anilines is 1. The van der Waals surface area contributed by atoms with E-state index in [1.807, 2.05) is 46.0 Å². The molecule has 2 N–H and O–H groups in total. The van der Waals surface area contributed by atoms with Crippen LogP contribution in [0, 0.1) is 11.6 Å². The summed E-state index contributed by atoms with van der Waals surface area (Å²) in [6.07, 6.45) is 3.73. The van der Waals surface area contributed by atoms with Gasteiger partial charge in [-0.3, -0.25) is 9.78 Å².